The number of hydrogen-bond donors (Lipinski definition) is 1. The predicted molar refractivity (Wildman–Crippen MR) is 93.7 cm³/mol. The molecule has 124 valence electrons. The molecule has 3 rings (SSSR count). The Morgan fingerprint density at radius 3 is 2.83 bits per heavy atom. The first kappa shape index (κ1) is 16.1. The molecule has 2 heterocycles. The normalized spacial score (nSPS) is 20.7. The first-order chi connectivity index (χ1) is 11.2. The second kappa shape index (κ2) is 6.81. The third-order valence-corrected chi connectivity index (χ3v) is 4.73. The van der Waals surface area contributed by atoms with Gasteiger partial charge in [-0.3, -0.25) is 14.3 Å². The van der Waals surface area contributed by atoms with E-state index < -0.39 is 0 Å². The van der Waals surface area contributed by atoms with Crippen molar-refractivity contribution in [1.29, 1.82) is 0 Å². The highest BCUT2D eigenvalue weighted by Crippen LogP contribution is 2.24. The Bertz CT molecular complexity index is 739. The molecule has 1 fully saturated rings. The van der Waals surface area contributed by atoms with Crippen LogP contribution in [0.5, 0.6) is 0 Å². The maximum atomic E-state index is 12.8. The van der Waals surface area contributed by atoms with Gasteiger partial charge in [0.15, 0.2) is 0 Å². The Labute approximate surface area is 137 Å². The molecule has 0 radical (unpaired) electrons. The monoisotopic (exact) mass is 314 g/mol. The SMILES string of the molecule is CC[C@@H](c1nc2ccccc2c(=O)n1CC)N1CCN[C@H](C)C1. The average molecular weight is 314 g/mol. The van der Waals surface area contributed by atoms with Crippen molar-refractivity contribution in [1.82, 2.24) is 19.8 Å². The van der Waals surface area contributed by atoms with E-state index in [0.717, 1.165) is 37.4 Å². The molecule has 1 aromatic heterocycles. The number of rotatable bonds is 4. The van der Waals surface area contributed by atoms with Crippen molar-refractivity contribution in [2.75, 3.05) is 19.6 Å². The molecule has 23 heavy (non-hydrogen) atoms. The fourth-order valence-corrected chi connectivity index (χ4v) is 3.59. The summed E-state index contributed by atoms with van der Waals surface area (Å²) >= 11 is 0. The molecule has 1 aliphatic heterocycles. The van der Waals surface area contributed by atoms with Gasteiger partial charge in [-0.15, -0.1) is 0 Å². The van der Waals surface area contributed by atoms with E-state index in [2.05, 4.69) is 24.1 Å². The minimum atomic E-state index is 0.0785. The van der Waals surface area contributed by atoms with Gasteiger partial charge in [-0.2, -0.15) is 0 Å². The highest BCUT2D eigenvalue weighted by molar-refractivity contribution is 5.77. The zero-order valence-electron chi connectivity index (χ0n) is 14.2. The van der Waals surface area contributed by atoms with E-state index in [1.54, 1.807) is 0 Å². The van der Waals surface area contributed by atoms with Crippen molar-refractivity contribution < 1.29 is 0 Å². The Morgan fingerprint density at radius 2 is 2.13 bits per heavy atom. The molecular weight excluding hydrogens is 288 g/mol. The second-order valence-electron chi connectivity index (χ2n) is 6.31. The van der Waals surface area contributed by atoms with E-state index in [1.807, 2.05) is 35.8 Å². The van der Waals surface area contributed by atoms with Gasteiger partial charge < -0.3 is 5.32 Å². The number of fused-ring (bicyclic) bond motifs is 1. The highest BCUT2D eigenvalue weighted by Gasteiger charge is 2.27. The summed E-state index contributed by atoms with van der Waals surface area (Å²) in [7, 11) is 0. The summed E-state index contributed by atoms with van der Waals surface area (Å²) in [6.07, 6.45) is 0.956. The van der Waals surface area contributed by atoms with E-state index in [0.29, 0.717) is 18.0 Å². The predicted octanol–water partition coefficient (Wildman–Crippen LogP) is 2.16. The van der Waals surface area contributed by atoms with E-state index in [4.69, 9.17) is 4.98 Å². The average Bonchev–Trinajstić information content (AvgIpc) is 2.56. The largest absolute Gasteiger partial charge is 0.312 e. The van der Waals surface area contributed by atoms with Gasteiger partial charge in [0.05, 0.1) is 16.9 Å². The third-order valence-electron chi connectivity index (χ3n) is 4.73. The van der Waals surface area contributed by atoms with Crippen molar-refractivity contribution in [3.05, 3.63) is 40.4 Å². The minimum absolute atomic E-state index is 0.0785. The number of piperazine rings is 1. The fourth-order valence-electron chi connectivity index (χ4n) is 3.59. The van der Waals surface area contributed by atoms with Gasteiger partial charge in [0, 0.05) is 32.2 Å². The van der Waals surface area contributed by atoms with Crippen LogP contribution in [0, 0.1) is 0 Å². The number of nitrogens with one attached hydrogen (secondary N) is 1. The molecule has 2 atom stereocenters. The van der Waals surface area contributed by atoms with E-state index in [-0.39, 0.29) is 11.6 Å². The maximum absolute atomic E-state index is 12.8. The molecule has 0 aliphatic carbocycles. The van der Waals surface area contributed by atoms with Crippen molar-refractivity contribution in [3.8, 4) is 0 Å². The minimum Gasteiger partial charge on any atom is -0.312 e. The Kier molecular flexibility index (Phi) is 4.78. The third kappa shape index (κ3) is 3.03. The van der Waals surface area contributed by atoms with Gasteiger partial charge in [-0.25, -0.2) is 4.98 Å². The molecule has 0 saturated carbocycles. The van der Waals surface area contributed by atoms with E-state index in [1.165, 1.54) is 0 Å². The summed E-state index contributed by atoms with van der Waals surface area (Å²) < 4.78 is 1.85. The summed E-state index contributed by atoms with van der Waals surface area (Å²) in [5.74, 6) is 0.910. The summed E-state index contributed by atoms with van der Waals surface area (Å²) in [5.41, 5.74) is 0.883. The standard InChI is InChI=1S/C18H26N4O/c1-4-16(21-11-10-19-13(3)12-21)17-20-15-9-7-6-8-14(15)18(23)22(17)5-2/h6-9,13,16,19H,4-5,10-12H2,1-3H3/t13-,16+/m1/s1. The van der Waals surface area contributed by atoms with Gasteiger partial charge in [0.1, 0.15) is 5.82 Å². The number of benzene rings is 1. The lowest BCUT2D eigenvalue weighted by Gasteiger charge is -2.37. The van der Waals surface area contributed by atoms with Crippen molar-refractivity contribution in [2.45, 2.75) is 45.8 Å². The molecule has 1 N–H and O–H groups in total. The van der Waals surface area contributed by atoms with Crippen LogP contribution in [0.3, 0.4) is 0 Å². The molecular formula is C18H26N4O. The first-order valence-electron chi connectivity index (χ1n) is 8.62. The van der Waals surface area contributed by atoms with Crippen LogP contribution in [0.25, 0.3) is 10.9 Å². The van der Waals surface area contributed by atoms with Crippen LogP contribution in [0.4, 0.5) is 0 Å². The number of hydrogen-bond acceptors (Lipinski definition) is 4. The number of para-hydroxylation sites is 1. The molecule has 0 bridgehead atoms. The van der Waals surface area contributed by atoms with Crippen LogP contribution in [-0.2, 0) is 6.54 Å². The van der Waals surface area contributed by atoms with E-state index >= 15 is 0 Å². The zero-order valence-corrected chi connectivity index (χ0v) is 14.2. The molecule has 5 nitrogen and oxygen atoms in total. The molecule has 1 aliphatic rings. The lowest BCUT2D eigenvalue weighted by atomic mass is 10.1. The second-order valence-corrected chi connectivity index (χ2v) is 6.31. The molecule has 2 aromatic rings. The van der Waals surface area contributed by atoms with E-state index in [9.17, 15) is 4.79 Å². The van der Waals surface area contributed by atoms with Gasteiger partial charge in [-0.1, -0.05) is 19.1 Å². The smallest absolute Gasteiger partial charge is 0.261 e. The van der Waals surface area contributed by atoms with Gasteiger partial charge in [0.2, 0.25) is 0 Å². The topological polar surface area (TPSA) is 50.2 Å². The molecule has 0 spiro atoms. The van der Waals surface area contributed by atoms with Gasteiger partial charge >= 0.3 is 0 Å². The number of nitrogens with zero attached hydrogens (tertiary/aromatic N) is 3. The molecule has 0 unspecified atom stereocenters. The summed E-state index contributed by atoms with van der Waals surface area (Å²) in [4.78, 5) is 20.2. The van der Waals surface area contributed by atoms with Crippen molar-refractivity contribution in [2.24, 2.45) is 0 Å². The van der Waals surface area contributed by atoms with Gasteiger partial charge in [-0.05, 0) is 32.4 Å². The molecule has 1 aromatic carbocycles. The van der Waals surface area contributed by atoms with Crippen molar-refractivity contribution in [3.63, 3.8) is 0 Å². The van der Waals surface area contributed by atoms with Crippen LogP contribution in [0.2, 0.25) is 0 Å². The van der Waals surface area contributed by atoms with Crippen molar-refractivity contribution >= 4 is 10.9 Å². The molecule has 0 amide bonds. The lowest BCUT2D eigenvalue weighted by molar-refractivity contribution is 0.136. The highest BCUT2D eigenvalue weighted by atomic mass is 16.1. The van der Waals surface area contributed by atoms with Gasteiger partial charge in [0.25, 0.3) is 5.56 Å². The van der Waals surface area contributed by atoms with Crippen LogP contribution in [0.1, 0.15) is 39.1 Å². The Hall–Kier alpha value is -1.72. The Balaban J connectivity index is 2.10. The van der Waals surface area contributed by atoms with Crippen LogP contribution in [-0.4, -0.2) is 40.1 Å². The fraction of sp³-hybridized carbons (Fsp3) is 0.556. The summed E-state index contributed by atoms with van der Waals surface area (Å²) in [6.45, 7) is 10.0. The zero-order chi connectivity index (χ0) is 16.4. The van der Waals surface area contributed by atoms with Crippen LogP contribution < -0.4 is 10.9 Å². The maximum Gasteiger partial charge on any atom is 0.261 e. The quantitative estimate of drug-likeness (QED) is 0.939. The summed E-state index contributed by atoms with van der Waals surface area (Å²) in [5, 5.41) is 4.19. The number of aromatic nitrogens is 2. The summed E-state index contributed by atoms with van der Waals surface area (Å²) in [6, 6.07) is 8.32. The molecule has 5 heteroatoms. The Morgan fingerprint density at radius 1 is 1.35 bits per heavy atom. The van der Waals surface area contributed by atoms with Crippen LogP contribution in [0.15, 0.2) is 29.1 Å². The first-order valence-corrected chi connectivity index (χ1v) is 8.62. The molecule has 1 saturated heterocycles. The lowest BCUT2D eigenvalue weighted by Crippen LogP contribution is -2.51. The van der Waals surface area contributed by atoms with Crippen LogP contribution >= 0.6 is 0 Å².